The van der Waals surface area contributed by atoms with E-state index >= 15 is 0 Å². The van der Waals surface area contributed by atoms with Crippen LogP contribution >= 0.6 is 0 Å². The third-order valence-electron chi connectivity index (χ3n) is 14.7. The summed E-state index contributed by atoms with van der Waals surface area (Å²) in [6, 6.07) is -0.909. The van der Waals surface area contributed by atoms with Gasteiger partial charge < -0.3 is 89.9 Å². The van der Waals surface area contributed by atoms with Crippen LogP contribution in [0.3, 0.4) is 0 Å². The van der Waals surface area contributed by atoms with Crippen molar-refractivity contribution in [2.45, 2.75) is 272 Å². The Morgan fingerprint density at radius 3 is 1.32 bits per heavy atom. The first-order chi connectivity index (χ1) is 39.3. The maximum Gasteiger partial charge on any atom is 0.220 e. The minimum atomic E-state index is -1.98. The van der Waals surface area contributed by atoms with Gasteiger partial charge in [0, 0.05) is 6.42 Å². The van der Waals surface area contributed by atoms with E-state index in [2.05, 4.69) is 104 Å². The summed E-state index contributed by atoms with van der Waals surface area (Å²) in [5.41, 5.74) is 0. The Morgan fingerprint density at radius 1 is 0.457 bits per heavy atom. The van der Waals surface area contributed by atoms with Crippen LogP contribution in [-0.2, 0) is 33.2 Å². The maximum absolute atomic E-state index is 13.3. The first-order valence-electron chi connectivity index (χ1n) is 30.3. The van der Waals surface area contributed by atoms with Gasteiger partial charge in [-0.25, -0.2) is 0 Å². The minimum absolute atomic E-state index is 0.221. The van der Waals surface area contributed by atoms with Gasteiger partial charge in [0.25, 0.3) is 0 Å². The van der Waals surface area contributed by atoms with Crippen LogP contribution in [0.1, 0.15) is 168 Å². The summed E-state index contributed by atoms with van der Waals surface area (Å²) in [4.78, 5) is 13.3. The van der Waals surface area contributed by atoms with E-state index in [4.69, 9.17) is 28.4 Å². The lowest BCUT2D eigenvalue weighted by Crippen LogP contribution is -2.66. The number of carbonyl (C=O) groups excluding carboxylic acids is 1. The normalized spacial score (nSPS) is 30.4. The van der Waals surface area contributed by atoms with E-state index in [1.165, 1.54) is 44.9 Å². The molecule has 19 nitrogen and oxygen atoms in total. The van der Waals surface area contributed by atoms with E-state index in [0.717, 1.165) is 83.5 Å². The van der Waals surface area contributed by atoms with Gasteiger partial charge in [-0.2, -0.15) is 0 Å². The van der Waals surface area contributed by atoms with Gasteiger partial charge in [-0.15, -0.1) is 0 Å². The molecule has 0 aromatic heterocycles. The van der Waals surface area contributed by atoms with E-state index in [-0.39, 0.29) is 18.9 Å². The second-order valence-electron chi connectivity index (χ2n) is 21.4. The quantitative estimate of drug-likeness (QED) is 0.0261. The van der Waals surface area contributed by atoms with Gasteiger partial charge in [0.15, 0.2) is 18.9 Å². The molecular weight excluding hydrogens is 1050 g/mol. The van der Waals surface area contributed by atoms with Crippen LogP contribution in [0.25, 0.3) is 0 Å². The van der Waals surface area contributed by atoms with E-state index in [9.17, 15) is 61.0 Å². The molecule has 81 heavy (non-hydrogen) atoms. The summed E-state index contributed by atoms with van der Waals surface area (Å²) < 4.78 is 34.2. The molecule has 17 unspecified atom stereocenters. The van der Waals surface area contributed by atoms with Crippen LogP contribution in [-0.4, -0.2) is 193 Å². The molecule has 0 aromatic rings. The number of aliphatic hydroxyl groups excluding tert-OH is 11. The molecule has 466 valence electrons. The lowest BCUT2D eigenvalue weighted by molar-refractivity contribution is -0.379. The molecule has 0 aromatic carbocycles. The molecule has 0 spiro atoms. The summed E-state index contributed by atoms with van der Waals surface area (Å²) >= 11 is 0. The number of nitrogens with one attached hydrogen (secondary N) is 1. The Balaban J connectivity index is 1.47. The zero-order chi connectivity index (χ0) is 59.0. The lowest BCUT2D eigenvalue weighted by Gasteiger charge is -2.48. The van der Waals surface area contributed by atoms with Gasteiger partial charge >= 0.3 is 0 Å². The molecule has 19 heteroatoms. The van der Waals surface area contributed by atoms with Crippen molar-refractivity contribution < 1.29 is 89.4 Å². The van der Waals surface area contributed by atoms with Crippen molar-refractivity contribution in [3.8, 4) is 0 Å². The van der Waals surface area contributed by atoms with E-state index in [1.807, 2.05) is 0 Å². The van der Waals surface area contributed by atoms with Gasteiger partial charge in [-0.05, 0) is 70.6 Å². The fraction of sp³-hybridized carbons (Fsp3) is 0.758. The molecule has 0 aliphatic carbocycles. The molecule has 17 atom stereocenters. The fourth-order valence-electron chi connectivity index (χ4n) is 9.76. The minimum Gasteiger partial charge on any atom is -0.394 e. The zero-order valence-electron chi connectivity index (χ0n) is 48.5. The summed E-state index contributed by atoms with van der Waals surface area (Å²) in [6.07, 6.45) is 26.7. The molecule has 3 saturated heterocycles. The van der Waals surface area contributed by atoms with Gasteiger partial charge in [0.05, 0.1) is 38.6 Å². The van der Waals surface area contributed by atoms with E-state index in [1.54, 1.807) is 0 Å². The lowest BCUT2D eigenvalue weighted by atomic mass is 9.96. The summed E-state index contributed by atoms with van der Waals surface area (Å²) in [6.45, 7) is 1.60. The molecule has 3 aliphatic heterocycles. The summed E-state index contributed by atoms with van der Waals surface area (Å²) in [5.74, 6) is -0.281. The zero-order valence-corrected chi connectivity index (χ0v) is 48.5. The Labute approximate surface area is 482 Å². The molecule has 1 amide bonds. The molecule has 0 bridgehead atoms. The molecule has 3 heterocycles. The third kappa shape index (κ3) is 28.1. The second kappa shape index (κ2) is 44.4. The topological polar surface area (TPSA) is 307 Å². The van der Waals surface area contributed by atoms with Crippen molar-refractivity contribution in [1.29, 1.82) is 0 Å². The largest absolute Gasteiger partial charge is 0.394 e. The summed E-state index contributed by atoms with van der Waals surface area (Å²) in [7, 11) is 0. The van der Waals surface area contributed by atoms with Crippen LogP contribution in [0.15, 0.2) is 85.1 Å². The maximum atomic E-state index is 13.3. The number of allylic oxidation sites excluding steroid dienone is 14. The van der Waals surface area contributed by atoms with Crippen LogP contribution in [0.2, 0.25) is 0 Å². The Morgan fingerprint density at radius 2 is 0.852 bits per heavy atom. The van der Waals surface area contributed by atoms with Crippen molar-refractivity contribution in [2.75, 3.05) is 26.4 Å². The van der Waals surface area contributed by atoms with Crippen LogP contribution in [0.5, 0.6) is 0 Å². The average molecular weight is 1150 g/mol. The number of rotatable bonds is 43. The van der Waals surface area contributed by atoms with Crippen LogP contribution in [0, 0.1) is 0 Å². The highest BCUT2D eigenvalue weighted by atomic mass is 16.8. The van der Waals surface area contributed by atoms with Gasteiger partial charge in [-0.1, -0.05) is 176 Å². The SMILES string of the molecule is CC/C=C\C/C=C\C/C=C\C/C=C\C/C=C\C/C=C\C/C=C\CCCCCC(=O)NC(COC1OC(CO)C(OC2OC(CO)C(OC3OC(CO)C(O)C(O)C3O)C(O)C2O)C(O)C1O)C(O)CCCCCCCCCCCCC. The van der Waals surface area contributed by atoms with Gasteiger partial charge in [-0.3, -0.25) is 4.79 Å². The van der Waals surface area contributed by atoms with Gasteiger partial charge in [0.1, 0.15) is 73.2 Å². The van der Waals surface area contributed by atoms with Crippen molar-refractivity contribution in [3.63, 3.8) is 0 Å². The molecule has 12 N–H and O–H groups in total. The monoisotopic (exact) mass is 1150 g/mol. The first-order valence-corrected chi connectivity index (χ1v) is 30.3. The Kier molecular flexibility index (Phi) is 39.6. The number of hydrogen-bond donors (Lipinski definition) is 12. The Hall–Kier alpha value is -3.03. The van der Waals surface area contributed by atoms with Crippen molar-refractivity contribution >= 4 is 5.91 Å². The first kappa shape index (κ1) is 72.2. The van der Waals surface area contributed by atoms with Crippen LogP contribution < -0.4 is 5.32 Å². The number of unbranched alkanes of at least 4 members (excludes halogenated alkanes) is 13. The number of ether oxygens (including phenoxy) is 6. The smallest absolute Gasteiger partial charge is 0.220 e. The number of hydrogen-bond acceptors (Lipinski definition) is 18. The predicted molar refractivity (Wildman–Crippen MR) is 309 cm³/mol. The van der Waals surface area contributed by atoms with Crippen molar-refractivity contribution in [2.24, 2.45) is 0 Å². The second-order valence-corrected chi connectivity index (χ2v) is 21.4. The standard InChI is InChI=1S/C62H105NO18/c1-3-5-7-9-11-13-15-16-17-18-19-20-21-22-23-24-25-26-27-28-30-32-34-36-38-40-50(68)63-45(46(67)39-37-35-33-31-29-14-12-10-8-6-4-2)44-76-60-56(74)53(71)58(48(42-65)78-60)81-62-57(75)54(72)59(49(43-66)79-62)80-61-55(73)52(70)51(69)47(41-64)77-61/h5,7,11,13,16-17,19-20,22-23,25-26,28,30,45-49,51-62,64-67,69-75H,3-4,6,8-10,12,14-15,18,21,24,27,29,31-44H2,1-2H3,(H,63,68)/b7-5-,13-11-,17-16-,20-19-,23-22-,26-25-,30-28-. The molecular formula is C62H105NO18. The van der Waals surface area contributed by atoms with E-state index < -0.39 is 124 Å². The number of aliphatic hydroxyl groups is 11. The highest BCUT2D eigenvalue weighted by molar-refractivity contribution is 5.76. The van der Waals surface area contributed by atoms with Crippen LogP contribution in [0.4, 0.5) is 0 Å². The number of carbonyl (C=O) groups is 1. The van der Waals surface area contributed by atoms with E-state index in [0.29, 0.717) is 19.3 Å². The number of amides is 1. The van der Waals surface area contributed by atoms with Crippen molar-refractivity contribution in [3.05, 3.63) is 85.1 Å². The molecule has 3 aliphatic rings. The molecule has 3 fully saturated rings. The molecule has 0 saturated carbocycles. The average Bonchev–Trinajstić information content (AvgIpc) is 3.51. The highest BCUT2D eigenvalue weighted by Gasteiger charge is 2.53. The molecule has 3 rings (SSSR count). The van der Waals surface area contributed by atoms with Gasteiger partial charge in [0.2, 0.25) is 5.91 Å². The fourth-order valence-corrected chi connectivity index (χ4v) is 9.76. The predicted octanol–water partition coefficient (Wildman–Crippen LogP) is 5.59. The summed E-state index contributed by atoms with van der Waals surface area (Å²) in [5, 5.41) is 120. The van der Waals surface area contributed by atoms with Crippen molar-refractivity contribution in [1.82, 2.24) is 5.32 Å². The Bertz CT molecular complexity index is 1810. The molecule has 0 radical (unpaired) electrons. The highest BCUT2D eigenvalue weighted by Crippen LogP contribution is 2.33. The third-order valence-corrected chi connectivity index (χ3v) is 14.7.